The second-order valence-corrected chi connectivity index (χ2v) is 3.16. The smallest absolute Gasteiger partial charge is 0.159 e. The average Bonchev–Trinajstić information content (AvgIpc) is 2.18. The van der Waals surface area contributed by atoms with Crippen LogP contribution in [0.15, 0.2) is 18.2 Å². The molecule has 0 radical (unpaired) electrons. The van der Waals surface area contributed by atoms with Gasteiger partial charge >= 0.3 is 0 Å². The fraction of sp³-hybridized carbons (Fsp3) is 0.364. The number of rotatable bonds is 5. The number of aldehydes is 1. The van der Waals surface area contributed by atoms with E-state index >= 15 is 0 Å². The lowest BCUT2D eigenvalue weighted by atomic mass is 10.1. The molecule has 14 heavy (non-hydrogen) atoms. The van der Waals surface area contributed by atoms with Gasteiger partial charge in [0.15, 0.2) is 11.6 Å². The standard InChI is InChI=1S/C11H12F2O/c12-10-6-5-9(8-11(10)13)4-2-1-3-7-14/h5-8H,1-4H2. The van der Waals surface area contributed by atoms with Crippen LogP contribution in [-0.4, -0.2) is 6.29 Å². The number of unbranched alkanes of at least 4 members (excludes halogenated alkanes) is 2. The van der Waals surface area contributed by atoms with E-state index in [0.717, 1.165) is 30.8 Å². The maximum Gasteiger partial charge on any atom is 0.159 e. The van der Waals surface area contributed by atoms with Crippen molar-refractivity contribution >= 4 is 6.29 Å². The topological polar surface area (TPSA) is 17.1 Å². The first-order chi connectivity index (χ1) is 6.74. The monoisotopic (exact) mass is 198 g/mol. The third kappa shape index (κ3) is 3.24. The first-order valence-electron chi connectivity index (χ1n) is 4.61. The minimum Gasteiger partial charge on any atom is -0.303 e. The van der Waals surface area contributed by atoms with Gasteiger partial charge in [0.05, 0.1) is 0 Å². The lowest BCUT2D eigenvalue weighted by Crippen LogP contribution is -1.90. The van der Waals surface area contributed by atoms with Gasteiger partial charge in [-0.25, -0.2) is 8.78 Å². The number of benzene rings is 1. The Kier molecular flexibility index (Phi) is 4.23. The van der Waals surface area contributed by atoms with E-state index in [4.69, 9.17) is 0 Å². The minimum atomic E-state index is -0.818. The molecular formula is C11H12F2O. The predicted molar refractivity (Wildman–Crippen MR) is 50.0 cm³/mol. The third-order valence-corrected chi connectivity index (χ3v) is 2.02. The van der Waals surface area contributed by atoms with Gasteiger partial charge in [-0.15, -0.1) is 0 Å². The van der Waals surface area contributed by atoms with Crippen LogP contribution in [0.5, 0.6) is 0 Å². The van der Waals surface area contributed by atoms with Crippen molar-refractivity contribution in [3.63, 3.8) is 0 Å². The highest BCUT2D eigenvalue weighted by Crippen LogP contribution is 2.11. The summed E-state index contributed by atoms with van der Waals surface area (Å²) >= 11 is 0. The van der Waals surface area contributed by atoms with E-state index in [1.54, 1.807) is 6.07 Å². The SMILES string of the molecule is O=CCCCCc1ccc(F)c(F)c1. The quantitative estimate of drug-likeness (QED) is 0.525. The van der Waals surface area contributed by atoms with Crippen molar-refractivity contribution in [1.29, 1.82) is 0 Å². The Morgan fingerprint density at radius 2 is 1.93 bits per heavy atom. The first-order valence-corrected chi connectivity index (χ1v) is 4.61. The van der Waals surface area contributed by atoms with Crippen molar-refractivity contribution in [2.24, 2.45) is 0 Å². The summed E-state index contributed by atoms with van der Waals surface area (Å²) in [4.78, 5) is 10.0. The highest BCUT2D eigenvalue weighted by atomic mass is 19.2. The van der Waals surface area contributed by atoms with Gasteiger partial charge in [-0.3, -0.25) is 0 Å². The summed E-state index contributed by atoms with van der Waals surface area (Å²) in [7, 11) is 0. The van der Waals surface area contributed by atoms with Crippen LogP contribution in [0, 0.1) is 11.6 Å². The molecule has 1 aromatic rings. The van der Waals surface area contributed by atoms with Crippen molar-refractivity contribution in [2.45, 2.75) is 25.7 Å². The van der Waals surface area contributed by atoms with E-state index in [-0.39, 0.29) is 0 Å². The molecule has 0 saturated carbocycles. The molecule has 0 aliphatic rings. The number of hydrogen-bond donors (Lipinski definition) is 0. The van der Waals surface area contributed by atoms with Crippen molar-refractivity contribution in [3.05, 3.63) is 35.4 Å². The van der Waals surface area contributed by atoms with Crippen LogP contribution in [0.25, 0.3) is 0 Å². The fourth-order valence-corrected chi connectivity index (χ4v) is 1.25. The van der Waals surface area contributed by atoms with Crippen molar-refractivity contribution in [3.8, 4) is 0 Å². The molecule has 1 rings (SSSR count). The van der Waals surface area contributed by atoms with Crippen LogP contribution in [0.4, 0.5) is 8.78 Å². The molecule has 0 amide bonds. The van der Waals surface area contributed by atoms with E-state index in [1.807, 2.05) is 0 Å². The highest BCUT2D eigenvalue weighted by molar-refractivity contribution is 5.48. The largest absolute Gasteiger partial charge is 0.303 e. The van der Waals surface area contributed by atoms with E-state index in [0.29, 0.717) is 12.8 Å². The zero-order valence-corrected chi connectivity index (χ0v) is 7.80. The molecular weight excluding hydrogens is 186 g/mol. The van der Waals surface area contributed by atoms with Gasteiger partial charge < -0.3 is 4.79 Å². The molecule has 0 bridgehead atoms. The van der Waals surface area contributed by atoms with Gasteiger partial charge in [-0.1, -0.05) is 6.07 Å². The van der Waals surface area contributed by atoms with Gasteiger partial charge in [0, 0.05) is 6.42 Å². The number of carbonyl (C=O) groups excluding carboxylic acids is 1. The van der Waals surface area contributed by atoms with Crippen LogP contribution < -0.4 is 0 Å². The Hall–Kier alpha value is -1.25. The molecule has 1 aromatic carbocycles. The van der Waals surface area contributed by atoms with Crippen LogP contribution in [0.1, 0.15) is 24.8 Å². The number of hydrogen-bond acceptors (Lipinski definition) is 1. The Morgan fingerprint density at radius 1 is 1.14 bits per heavy atom. The van der Waals surface area contributed by atoms with Gasteiger partial charge in [0.1, 0.15) is 6.29 Å². The summed E-state index contributed by atoms with van der Waals surface area (Å²) in [5, 5.41) is 0. The molecule has 0 aromatic heterocycles. The predicted octanol–water partition coefficient (Wildman–Crippen LogP) is 2.88. The zero-order chi connectivity index (χ0) is 10.4. The molecule has 0 saturated heterocycles. The summed E-state index contributed by atoms with van der Waals surface area (Å²) < 4.78 is 25.2. The zero-order valence-electron chi connectivity index (χ0n) is 7.80. The number of halogens is 2. The second-order valence-electron chi connectivity index (χ2n) is 3.16. The molecule has 0 atom stereocenters. The Bertz CT molecular complexity index is 310. The van der Waals surface area contributed by atoms with Crippen LogP contribution in [0.3, 0.4) is 0 Å². The Morgan fingerprint density at radius 3 is 2.57 bits per heavy atom. The molecule has 0 heterocycles. The second kappa shape index (κ2) is 5.47. The lowest BCUT2D eigenvalue weighted by Gasteiger charge is -2.00. The molecule has 0 spiro atoms. The summed E-state index contributed by atoms with van der Waals surface area (Å²) in [6, 6.07) is 3.90. The summed E-state index contributed by atoms with van der Waals surface area (Å²) in [6.07, 6.45) is 3.70. The van der Waals surface area contributed by atoms with Crippen LogP contribution in [0.2, 0.25) is 0 Å². The van der Waals surface area contributed by atoms with Crippen molar-refractivity contribution < 1.29 is 13.6 Å². The maximum absolute atomic E-state index is 12.7. The average molecular weight is 198 g/mol. The number of aryl methyl sites for hydroxylation is 1. The summed E-state index contributed by atoms with van der Waals surface area (Å²) in [5.41, 5.74) is 0.773. The fourth-order valence-electron chi connectivity index (χ4n) is 1.25. The van der Waals surface area contributed by atoms with Crippen molar-refractivity contribution in [2.75, 3.05) is 0 Å². The molecule has 0 aliphatic heterocycles. The minimum absolute atomic E-state index is 0.531. The lowest BCUT2D eigenvalue weighted by molar-refractivity contribution is -0.107. The molecule has 0 aliphatic carbocycles. The summed E-state index contributed by atoms with van der Waals surface area (Å²) in [6.45, 7) is 0. The molecule has 1 nitrogen and oxygen atoms in total. The third-order valence-electron chi connectivity index (χ3n) is 2.02. The summed E-state index contributed by atoms with van der Waals surface area (Å²) in [5.74, 6) is -1.63. The van der Waals surface area contributed by atoms with Gasteiger partial charge in [-0.2, -0.15) is 0 Å². The van der Waals surface area contributed by atoms with Crippen LogP contribution >= 0.6 is 0 Å². The van der Waals surface area contributed by atoms with Gasteiger partial charge in [0.2, 0.25) is 0 Å². The molecule has 0 fully saturated rings. The maximum atomic E-state index is 12.7. The Balaban J connectivity index is 2.43. The highest BCUT2D eigenvalue weighted by Gasteiger charge is 2.01. The first kappa shape index (κ1) is 10.8. The Labute approximate surface area is 81.7 Å². The molecule has 0 N–H and O–H groups in total. The normalized spacial score (nSPS) is 10.1. The van der Waals surface area contributed by atoms with E-state index in [9.17, 15) is 13.6 Å². The van der Waals surface area contributed by atoms with Gasteiger partial charge in [-0.05, 0) is 37.0 Å². The van der Waals surface area contributed by atoms with E-state index in [1.165, 1.54) is 6.07 Å². The number of carbonyl (C=O) groups is 1. The molecule has 3 heteroatoms. The van der Waals surface area contributed by atoms with Gasteiger partial charge in [0.25, 0.3) is 0 Å². The van der Waals surface area contributed by atoms with Crippen LogP contribution in [-0.2, 0) is 11.2 Å². The van der Waals surface area contributed by atoms with Crippen molar-refractivity contribution in [1.82, 2.24) is 0 Å². The van der Waals surface area contributed by atoms with E-state index in [2.05, 4.69) is 0 Å². The van der Waals surface area contributed by atoms with E-state index < -0.39 is 11.6 Å². The molecule has 0 unspecified atom stereocenters. The molecule has 76 valence electrons.